The Morgan fingerprint density at radius 2 is 2.07 bits per heavy atom. The van der Waals surface area contributed by atoms with E-state index in [9.17, 15) is 0 Å². The first-order valence-electron chi connectivity index (χ1n) is 6.24. The van der Waals surface area contributed by atoms with E-state index in [1.165, 1.54) is 25.7 Å². The maximum Gasteiger partial charge on any atom is -0.0119 e. The van der Waals surface area contributed by atoms with Gasteiger partial charge < -0.3 is 0 Å². The minimum absolute atomic E-state index is 0.514. The van der Waals surface area contributed by atoms with Crippen LogP contribution in [0.1, 0.15) is 60.3 Å². The Labute approximate surface area is 89.8 Å². The van der Waals surface area contributed by atoms with Crippen LogP contribution in [0.25, 0.3) is 0 Å². The number of hydrogen-bond acceptors (Lipinski definition) is 0. The van der Waals surface area contributed by atoms with Gasteiger partial charge in [0.25, 0.3) is 0 Å². The highest BCUT2D eigenvalue weighted by Crippen LogP contribution is 2.44. The molecule has 0 aromatic heterocycles. The maximum absolute atomic E-state index is 2.58. The van der Waals surface area contributed by atoms with Crippen LogP contribution in [-0.2, 0) is 0 Å². The van der Waals surface area contributed by atoms with Crippen LogP contribution in [0.4, 0.5) is 0 Å². The first kappa shape index (κ1) is 11.8. The van der Waals surface area contributed by atoms with E-state index in [0.29, 0.717) is 5.41 Å². The summed E-state index contributed by atoms with van der Waals surface area (Å²) >= 11 is 0. The zero-order chi connectivity index (χ0) is 10.8. The molecule has 0 heterocycles. The lowest BCUT2D eigenvalue weighted by molar-refractivity contribution is 0.262. The minimum Gasteiger partial charge on any atom is -0.0814 e. The van der Waals surface area contributed by atoms with Crippen molar-refractivity contribution in [3.63, 3.8) is 0 Å². The average molecular weight is 194 g/mol. The molecule has 1 aliphatic rings. The summed E-state index contributed by atoms with van der Waals surface area (Å²) in [6.45, 7) is 11.8. The standard InChI is InChI=1S/C14H26/c1-6-13-10-12(11(3)4)8-9-14(13,5)7-2/h10-12H,6-9H2,1-5H3. The van der Waals surface area contributed by atoms with Crippen molar-refractivity contribution in [3.8, 4) is 0 Å². The van der Waals surface area contributed by atoms with Crippen molar-refractivity contribution in [1.82, 2.24) is 0 Å². The lowest BCUT2D eigenvalue weighted by atomic mass is 9.67. The van der Waals surface area contributed by atoms with Crippen molar-refractivity contribution in [3.05, 3.63) is 11.6 Å². The van der Waals surface area contributed by atoms with Crippen LogP contribution < -0.4 is 0 Å². The number of hydrogen-bond donors (Lipinski definition) is 0. The van der Waals surface area contributed by atoms with Crippen LogP contribution in [0.3, 0.4) is 0 Å². The molecule has 0 N–H and O–H groups in total. The average Bonchev–Trinajstić information content (AvgIpc) is 2.18. The molecule has 0 fully saturated rings. The highest BCUT2D eigenvalue weighted by Gasteiger charge is 2.31. The van der Waals surface area contributed by atoms with Gasteiger partial charge in [-0.15, -0.1) is 0 Å². The molecule has 0 heteroatoms. The second-order valence-electron chi connectivity index (χ2n) is 5.41. The Morgan fingerprint density at radius 1 is 1.43 bits per heavy atom. The van der Waals surface area contributed by atoms with Gasteiger partial charge in [0, 0.05) is 0 Å². The lowest BCUT2D eigenvalue weighted by Gasteiger charge is -2.38. The van der Waals surface area contributed by atoms with E-state index in [0.717, 1.165) is 11.8 Å². The quantitative estimate of drug-likeness (QED) is 0.566. The van der Waals surface area contributed by atoms with Crippen molar-refractivity contribution < 1.29 is 0 Å². The van der Waals surface area contributed by atoms with Gasteiger partial charge in [-0.1, -0.05) is 46.3 Å². The van der Waals surface area contributed by atoms with Gasteiger partial charge >= 0.3 is 0 Å². The molecule has 0 radical (unpaired) electrons. The molecule has 2 atom stereocenters. The Bertz CT molecular complexity index is 212. The van der Waals surface area contributed by atoms with Gasteiger partial charge in [0.15, 0.2) is 0 Å². The monoisotopic (exact) mass is 194 g/mol. The molecule has 0 nitrogen and oxygen atoms in total. The van der Waals surface area contributed by atoms with E-state index < -0.39 is 0 Å². The van der Waals surface area contributed by atoms with E-state index in [4.69, 9.17) is 0 Å². The van der Waals surface area contributed by atoms with E-state index >= 15 is 0 Å². The third-order valence-corrected chi connectivity index (χ3v) is 4.24. The summed E-state index contributed by atoms with van der Waals surface area (Å²) in [4.78, 5) is 0. The van der Waals surface area contributed by atoms with Gasteiger partial charge in [0.05, 0.1) is 0 Å². The van der Waals surface area contributed by atoms with Crippen LogP contribution in [0.15, 0.2) is 11.6 Å². The molecule has 82 valence electrons. The van der Waals surface area contributed by atoms with E-state index in [1.807, 2.05) is 0 Å². The molecule has 0 saturated heterocycles. The topological polar surface area (TPSA) is 0 Å². The Kier molecular flexibility index (Phi) is 3.80. The molecule has 1 aliphatic carbocycles. The molecular weight excluding hydrogens is 168 g/mol. The number of allylic oxidation sites excluding steroid dienone is 2. The lowest BCUT2D eigenvalue weighted by Crippen LogP contribution is -2.26. The van der Waals surface area contributed by atoms with Gasteiger partial charge in [-0.25, -0.2) is 0 Å². The summed E-state index contributed by atoms with van der Waals surface area (Å²) in [6.07, 6.45) is 7.92. The van der Waals surface area contributed by atoms with Crippen LogP contribution in [0, 0.1) is 17.3 Å². The van der Waals surface area contributed by atoms with Gasteiger partial charge in [-0.3, -0.25) is 0 Å². The summed E-state index contributed by atoms with van der Waals surface area (Å²) in [5.41, 5.74) is 2.23. The first-order chi connectivity index (χ1) is 6.53. The second kappa shape index (κ2) is 4.51. The van der Waals surface area contributed by atoms with Crippen LogP contribution in [0.2, 0.25) is 0 Å². The fourth-order valence-electron chi connectivity index (χ4n) is 2.66. The van der Waals surface area contributed by atoms with E-state index in [-0.39, 0.29) is 0 Å². The van der Waals surface area contributed by atoms with Crippen molar-refractivity contribution in [1.29, 1.82) is 0 Å². The third-order valence-electron chi connectivity index (χ3n) is 4.24. The summed E-state index contributed by atoms with van der Waals surface area (Å²) in [7, 11) is 0. The van der Waals surface area contributed by atoms with Gasteiger partial charge in [-0.05, 0) is 42.9 Å². The Balaban J connectivity index is 2.85. The van der Waals surface area contributed by atoms with Gasteiger partial charge in [0.1, 0.15) is 0 Å². The predicted octanol–water partition coefficient (Wildman–Crippen LogP) is 4.81. The normalized spacial score (nSPS) is 33.3. The van der Waals surface area contributed by atoms with E-state index in [2.05, 4.69) is 40.7 Å². The molecule has 0 aromatic rings. The zero-order valence-corrected chi connectivity index (χ0v) is 10.6. The van der Waals surface area contributed by atoms with Crippen molar-refractivity contribution >= 4 is 0 Å². The second-order valence-corrected chi connectivity index (χ2v) is 5.41. The molecule has 0 amide bonds. The number of rotatable bonds is 3. The smallest absolute Gasteiger partial charge is 0.0119 e. The molecule has 2 unspecified atom stereocenters. The largest absolute Gasteiger partial charge is 0.0814 e. The predicted molar refractivity (Wildman–Crippen MR) is 64.3 cm³/mol. The minimum atomic E-state index is 0.514. The zero-order valence-electron chi connectivity index (χ0n) is 10.6. The fourth-order valence-corrected chi connectivity index (χ4v) is 2.66. The van der Waals surface area contributed by atoms with Gasteiger partial charge in [0.2, 0.25) is 0 Å². The highest BCUT2D eigenvalue weighted by molar-refractivity contribution is 5.18. The highest BCUT2D eigenvalue weighted by atomic mass is 14.4. The summed E-state index contributed by atoms with van der Waals surface area (Å²) < 4.78 is 0. The van der Waals surface area contributed by atoms with Crippen LogP contribution >= 0.6 is 0 Å². The fraction of sp³-hybridized carbons (Fsp3) is 0.857. The molecule has 0 spiro atoms. The Morgan fingerprint density at radius 3 is 2.50 bits per heavy atom. The summed E-state index contributed by atoms with van der Waals surface area (Å²) in [5, 5.41) is 0. The van der Waals surface area contributed by atoms with Crippen molar-refractivity contribution in [2.24, 2.45) is 17.3 Å². The van der Waals surface area contributed by atoms with Crippen molar-refractivity contribution in [2.75, 3.05) is 0 Å². The van der Waals surface area contributed by atoms with Crippen LogP contribution in [-0.4, -0.2) is 0 Å². The van der Waals surface area contributed by atoms with Crippen molar-refractivity contribution in [2.45, 2.75) is 60.3 Å². The molecular formula is C14H26. The molecule has 0 aromatic carbocycles. The SMILES string of the molecule is CCC1=CC(C(C)C)CCC1(C)CC. The van der Waals surface area contributed by atoms with Crippen LogP contribution in [0.5, 0.6) is 0 Å². The maximum atomic E-state index is 2.58. The summed E-state index contributed by atoms with van der Waals surface area (Å²) in [5.74, 6) is 1.66. The van der Waals surface area contributed by atoms with Gasteiger partial charge in [-0.2, -0.15) is 0 Å². The molecule has 0 saturated carbocycles. The molecule has 1 rings (SSSR count). The Hall–Kier alpha value is -0.260. The van der Waals surface area contributed by atoms with E-state index in [1.54, 1.807) is 5.57 Å². The first-order valence-corrected chi connectivity index (χ1v) is 6.24. The summed E-state index contributed by atoms with van der Waals surface area (Å²) in [6, 6.07) is 0. The molecule has 0 bridgehead atoms. The molecule has 0 aliphatic heterocycles. The molecule has 14 heavy (non-hydrogen) atoms. The third kappa shape index (κ3) is 2.21.